The monoisotopic (exact) mass is 407 g/mol. The smallest absolute Gasteiger partial charge is 0.191 e. The Balaban J connectivity index is 0.00000400. The van der Waals surface area contributed by atoms with Gasteiger partial charge in [-0.1, -0.05) is 26.2 Å². The maximum Gasteiger partial charge on any atom is 0.191 e. The molecule has 1 rings (SSSR count). The minimum Gasteiger partial charge on any atom is -0.357 e. The van der Waals surface area contributed by atoms with E-state index in [4.69, 9.17) is 0 Å². The van der Waals surface area contributed by atoms with Crippen molar-refractivity contribution >= 4 is 29.9 Å². The number of nitrogens with zero attached hydrogens (tertiary/aromatic N) is 3. The van der Waals surface area contributed by atoms with Crippen LogP contribution in [0.15, 0.2) is 17.4 Å². The summed E-state index contributed by atoms with van der Waals surface area (Å²) in [7, 11) is 1.94. The molecular formula is C15H30IN5. The van der Waals surface area contributed by atoms with Crippen LogP contribution in [0.5, 0.6) is 0 Å². The highest BCUT2D eigenvalue weighted by molar-refractivity contribution is 14.0. The summed E-state index contributed by atoms with van der Waals surface area (Å²) in [6.07, 6.45) is 9.96. The summed E-state index contributed by atoms with van der Waals surface area (Å²) in [5, 5.41) is 10.8. The molecule has 0 saturated carbocycles. The number of hydrogen-bond acceptors (Lipinski definition) is 2. The highest BCUT2D eigenvalue weighted by atomic mass is 127. The molecule has 0 fully saturated rings. The van der Waals surface area contributed by atoms with Crippen LogP contribution in [0.4, 0.5) is 0 Å². The van der Waals surface area contributed by atoms with Crippen molar-refractivity contribution in [1.29, 1.82) is 0 Å². The van der Waals surface area contributed by atoms with Crippen LogP contribution in [0.2, 0.25) is 0 Å². The van der Waals surface area contributed by atoms with Crippen LogP contribution < -0.4 is 10.6 Å². The topological polar surface area (TPSA) is 54.2 Å². The highest BCUT2D eigenvalue weighted by Crippen LogP contribution is 1.99. The Bertz CT molecular complexity index is 389. The molecule has 1 aromatic heterocycles. The van der Waals surface area contributed by atoms with Gasteiger partial charge in [-0.25, -0.2) is 0 Å². The lowest BCUT2D eigenvalue weighted by Crippen LogP contribution is -2.38. The van der Waals surface area contributed by atoms with E-state index in [2.05, 4.69) is 40.8 Å². The minimum absolute atomic E-state index is 0. The second-order valence-electron chi connectivity index (χ2n) is 5.02. The predicted molar refractivity (Wildman–Crippen MR) is 100 cm³/mol. The van der Waals surface area contributed by atoms with E-state index in [1.54, 1.807) is 0 Å². The zero-order chi connectivity index (χ0) is 14.6. The molecule has 0 spiro atoms. The number of aryl methyl sites for hydroxylation is 1. The van der Waals surface area contributed by atoms with Crippen LogP contribution >= 0.6 is 24.0 Å². The van der Waals surface area contributed by atoms with Crippen molar-refractivity contribution in [2.75, 3.05) is 19.6 Å². The lowest BCUT2D eigenvalue weighted by molar-refractivity contribution is 0.670. The molecule has 122 valence electrons. The van der Waals surface area contributed by atoms with Gasteiger partial charge in [0.2, 0.25) is 0 Å². The fraction of sp³-hybridized carbons (Fsp3) is 0.733. The standard InChI is InChI=1S/C15H29N5.HI/c1-4-6-7-8-10-17-15(16-5-2)18-11-9-14-12-19-20(3)13-14;/h12-13H,4-11H2,1-3H3,(H2,16,17,18);1H. The highest BCUT2D eigenvalue weighted by Gasteiger charge is 1.99. The molecule has 0 saturated heterocycles. The fourth-order valence-corrected chi connectivity index (χ4v) is 2.00. The van der Waals surface area contributed by atoms with Gasteiger partial charge >= 0.3 is 0 Å². The van der Waals surface area contributed by atoms with Crippen LogP contribution in [-0.2, 0) is 13.5 Å². The quantitative estimate of drug-likeness (QED) is 0.287. The van der Waals surface area contributed by atoms with Gasteiger partial charge < -0.3 is 10.6 Å². The molecule has 0 aromatic carbocycles. The van der Waals surface area contributed by atoms with E-state index in [0.29, 0.717) is 0 Å². The van der Waals surface area contributed by atoms with E-state index >= 15 is 0 Å². The number of hydrogen-bond donors (Lipinski definition) is 2. The molecule has 0 aliphatic rings. The molecule has 0 aliphatic heterocycles. The second kappa shape index (κ2) is 12.9. The Hall–Kier alpha value is -0.790. The van der Waals surface area contributed by atoms with Gasteiger partial charge in [0.05, 0.1) is 6.20 Å². The second-order valence-corrected chi connectivity index (χ2v) is 5.02. The van der Waals surface area contributed by atoms with Gasteiger partial charge in [-0.3, -0.25) is 9.67 Å². The molecule has 0 atom stereocenters. The first-order chi connectivity index (χ1) is 9.76. The fourth-order valence-electron chi connectivity index (χ4n) is 2.00. The van der Waals surface area contributed by atoms with Gasteiger partial charge in [0.1, 0.15) is 0 Å². The van der Waals surface area contributed by atoms with E-state index in [1.165, 1.54) is 31.2 Å². The number of halogens is 1. The van der Waals surface area contributed by atoms with Crippen LogP contribution in [0.1, 0.15) is 45.1 Å². The van der Waals surface area contributed by atoms with Gasteiger partial charge in [0.15, 0.2) is 5.96 Å². The van der Waals surface area contributed by atoms with Gasteiger partial charge in [0, 0.05) is 32.9 Å². The largest absolute Gasteiger partial charge is 0.357 e. The number of unbranched alkanes of at least 4 members (excludes halogenated alkanes) is 3. The molecule has 21 heavy (non-hydrogen) atoms. The average Bonchev–Trinajstić information content (AvgIpc) is 2.84. The summed E-state index contributed by atoms with van der Waals surface area (Å²) in [4.78, 5) is 4.60. The third kappa shape index (κ3) is 9.71. The zero-order valence-corrected chi connectivity index (χ0v) is 15.9. The molecule has 6 heteroatoms. The SMILES string of the molecule is CCCCCCN=C(NCC)NCCc1cnn(C)c1.I. The van der Waals surface area contributed by atoms with Crippen LogP contribution in [0, 0.1) is 0 Å². The first-order valence-corrected chi connectivity index (χ1v) is 7.76. The first-order valence-electron chi connectivity index (χ1n) is 7.76. The Labute approximate surface area is 146 Å². The van der Waals surface area contributed by atoms with E-state index in [9.17, 15) is 0 Å². The number of aromatic nitrogens is 2. The van der Waals surface area contributed by atoms with Crippen molar-refractivity contribution < 1.29 is 0 Å². The molecule has 0 radical (unpaired) electrons. The van der Waals surface area contributed by atoms with E-state index in [0.717, 1.165) is 32.0 Å². The number of aliphatic imine (C=N–C) groups is 1. The molecule has 0 unspecified atom stereocenters. The lowest BCUT2D eigenvalue weighted by Gasteiger charge is -2.10. The van der Waals surface area contributed by atoms with Crippen LogP contribution in [0.3, 0.4) is 0 Å². The summed E-state index contributed by atoms with van der Waals surface area (Å²) < 4.78 is 1.84. The Kier molecular flexibility index (Phi) is 12.4. The molecule has 0 aliphatic carbocycles. The summed E-state index contributed by atoms with van der Waals surface area (Å²) in [5.41, 5.74) is 1.25. The summed E-state index contributed by atoms with van der Waals surface area (Å²) in [5.74, 6) is 0.924. The van der Waals surface area contributed by atoms with Gasteiger partial charge in [-0.15, -0.1) is 24.0 Å². The van der Waals surface area contributed by atoms with Crippen molar-refractivity contribution in [3.8, 4) is 0 Å². The van der Waals surface area contributed by atoms with Crippen LogP contribution in [0.25, 0.3) is 0 Å². The summed E-state index contributed by atoms with van der Waals surface area (Å²) in [6.45, 7) is 7.01. The van der Waals surface area contributed by atoms with E-state index < -0.39 is 0 Å². The number of guanidine groups is 1. The van der Waals surface area contributed by atoms with Crippen molar-refractivity contribution in [3.05, 3.63) is 18.0 Å². The average molecular weight is 407 g/mol. The van der Waals surface area contributed by atoms with Crippen molar-refractivity contribution in [1.82, 2.24) is 20.4 Å². The van der Waals surface area contributed by atoms with Crippen molar-refractivity contribution in [3.63, 3.8) is 0 Å². The Morgan fingerprint density at radius 3 is 2.67 bits per heavy atom. The molecule has 2 N–H and O–H groups in total. The van der Waals surface area contributed by atoms with Crippen LogP contribution in [-0.4, -0.2) is 35.4 Å². The molecule has 0 bridgehead atoms. The third-order valence-electron chi connectivity index (χ3n) is 3.09. The summed E-state index contributed by atoms with van der Waals surface area (Å²) >= 11 is 0. The maximum absolute atomic E-state index is 4.60. The molecule has 1 aromatic rings. The maximum atomic E-state index is 4.60. The van der Waals surface area contributed by atoms with E-state index in [1.807, 2.05) is 17.9 Å². The van der Waals surface area contributed by atoms with Gasteiger partial charge in [0.25, 0.3) is 0 Å². The van der Waals surface area contributed by atoms with Gasteiger partial charge in [-0.2, -0.15) is 5.10 Å². The Morgan fingerprint density at radius 2 is 2.05 bits per heavy atom. The molecule has 0 amide bonds. The normalized spacial score (nSPS) is 11.1. The Morgan fingerprint density at radius 1 is 1.24 bits per heavy atom. The molecule has 5 nitrogen and oxygen atoms in total. The minimum atomic E-state index is 0. The zero-order valence-electron chi connectivity index (χ0n) is 13.6. The third-order valence-corrected chi connectivity index (χ3v) is 3.09. The summed E-state index contributed by atoms with van der Waals surface area (Å²) in [6, 6.07) is 0. The molecular weight excluding hydrogens is 377 g/mol. The lowest BCUT2D eigenvalue weighted by atomic mass is 10.2. The van der Waals surface area contributed by atoms with Crippen molar-refractivity contribution in [2.45, 2.75) is 46.0 Å². The van der Waals surface area contributed by atoms with Crippen molar-refractivity contribution in [2.24, 2.45) is 12.0 Å². The predicted octanol–water partition coefficient (Wildman–Crippen LogP) is 2.72. The van der Waals surface area contributed by atoms with Gasteiger partial charge in [-0.05, 0) is 25.3 Å². The van der Waals surface area contributed by atoms with E-state index in [-0.39, 0.29) is 24.0 Å². The first kappa shape index (κ1) is 20.2. The number of rotatable bonds is 9. The number of nitrogens with one attached hydrogen (secondary N) is 2. The molecule has 1 heterocycles.